The Bertz CT molecular complexity index is 671. The number of nitrogens with zero attached hydrogens (tertiary/aromatic N) is 1. The highest BCUT2D eigenvalue weighted by Crippen LogP contribution is 2.26. The highest BCUT2D eigenvalue weighted by Gasteiger charge is 2.29. The number of para-hydroxylation sites is 1. The summed E-state index contributed by atoms with van der Waals surface area (Å²) in [6.07, 6.45) is 0.0940. The van der Waals surface area contributed by atoms with Gasteiger partial charge in [-0.2, -0.15) is 0 Å². The molecule has 0 aliphatic carbocycles. The minimum absolute atomic E-state index is 0.0118. The predicted molar refractivity (Wildman–Crippen MR) is 88.1 cm³/mol. The number of rotatable bonds is 3. The fourth-order valence-corrected chi connectivity index (χ4v) is 2.94. The first-order valence-corrected chi connectivity index (χ1v) is 7.88. The molecule has 0 radical (unpaired) electrons. The van der Waals surface area contributed by atoms with Crippen LogP contribution < -0.4 is 0 Å². The van der Waals surface area contributed by atoms with E-state index in [1.165, 1.54) is 0 Å². The molecule has 2 aromatic carbocycles. The smallest absolute Gasteiger partial charge is 0.227 e. The van der Waals surface area contributed by atoms with Crippen LogP contribution in [0.3, 0.4) is 0 Å². The van der Waals surface area contributed by atoms with Crippen LogP contribution >= 0.6 is 0 Å². The second-order valence-electron chi connectivity index (χ2n) is 5.95. The summed E-state index contributed by atoms with van der Waals surface area (Å²) in [6.45, 7) is 3.10. The summed E-state index contributed by atoms with van der Waals surface area (Å²) in [7, 11) is 0. The lowest BCUT2D eigenvalue weighted by molar-refractivity contribution is -0.144. The number of phenolic OH excluding ortho intramolecular Hbond substituents is 1. The number of carbonyl (C=O) groups excluding carboxylic acids is 1. The van der Waals surface area contributed by atoms with Crippen LogP contribution in [-0.4, -0.2) is 35.1 Å². The number of amides is 1. The maximum Gasteiger partial charge on any atom is 0.227 e. The third-order valence-electron chi connectivity index (χ3n) is 4.12. The number of hydrogen-bond donors (Lipinski definition) is 1. The quantitative estimate of drug-likeness (QED) is 0.948. The zero-order chi connectivity index (χ0) is 16.2. The molecule has 0 bridgehead atoms. The van der Waals surface area contributed by atoms with Gasteiger partial charge in [-0.15, -0.1) is 0 Å². The van der Waals surface area contributed by atoms with E-state index in [0.717, 1.165) is 5.56 Å². The molecule has 3 rings (SSSR count). The molecule has 1 amide bonds. The average Bonchev–Trinajstić information content (AvgIpc) is 2.57. The summed E-state index contributed by atoms with van der Waals surface area (Å²) in [5.74, 6) is 0.185. The van der Waals surface area contributed by atoms with E-state index in [9.17, 15) is 9.90 Å². The molecule has 2 atom stereocenters. The molecule has 1 N–H and O–H groups in total. The van der Waals surface area contributed by atoms with Crippen molar-refractivity contribution in [3.8, 4) is 5.75 Å². The van der Waals surface area contributed by atoms with E-state index >= 15 is 0 Å². The number of benzene rings is 2. The molecular formula is C19H21NO3. The molecule has 1 heterocycles. The Labute approximate surface area is 136 Å². The van der Waals surface area contributed by atoms with Crippen molar-refractivity contribution in [2.45, 2.75) is 25.6 Å². The van der Waals surface area contributed by atoms with Gasteiger partial charge in [-0.3, -0.25) is 4.79 Å². The van der Waals surface area contributed by atoms with Crippen molar-refractivity contribution in [1.82, 2.24) is 4.90 Å². The van der Waals surface area contributed by atoms with Gasteiger partial charge in [0.25, 0.3) is 0 Å². The zero-order valence-corrected chi connectivity index (χ0v) is 13.2. The first kappa shape index (κ1) is 15.6. The molecule has 1 fully saturated rings. The Morgan fingerprint density at radius 1 is 1.13 bits per heavy atom. The van der Waals surface area contributed by atoms with E-state index in [-0.39, 0.29) is 30.3 Å². The fraction of sp³-hybridized carbons (Fsp3) is 0.316. The molecule has 1 saturated heterocycles. The van der Waals surface area contributed by atoms with Gasteiger partial charge in [-0.1, -0.05) is 48.5 Å². The Morgan fingerprint density at radius 3 is 2.57 bits per heavy atom. The van der Waals surface area contributed by atoms with Crippen molar-refractivity contribution in [3.05, 3.63) is 65.7 Å². The third-order valence-corrected chi connectivity index (χ3v) is 4.12. The summed E-state index contributed by atoms with van der Waals surface area (Å²) in [5, 5.41) is 9.84. The van der Waals surface area contributed by atoms with Crippen LogP contribution in [0.5, 0.6) is 5.75 Å². The largest absolute Gasteiger partial charge is 0.508 e. The predicted octanol–water partition coefficient (Wildman–Crippen LogP) is 2.92. The fourth-order valence-electron chi connectivity index (χ4n) is 2.94. The van der Waals surface area contributed by atoms with E-state index in [4.69, 9.17) is 4.74 Å². The van der Waals surface area contributed by atoms with Crippen molar-refractivity contribution in [2.24, 2.45) is 0 Å². The highest BCUT2D eigenvalue weighted by atomic mass is 16.5. The van der Waals surface area contributed by atoms with Crippen LogP contribution in [0, 0.1) is 0 Å². The summed E-state index contributed by atoms with van der Waals surface area (Å²) in [6, 6.07) is 16.9. The monoisotopic (exact) mass is 311 g/mol. The summed E-state index contributed by atoms with van der Waals surface area (Å²) < 4.78 is 5.98. The summed E-state index contributed by atoms with van der Waals surface area (Å²) in [4.78, 5) is 14.4. The van der Waals surface area contributed by atoms with E-state index in [2.05, 4.69) is 0 Å². The molecule has 4 heteroatoms. The number of phenols is 1. The molecule has 0 aromatic heterocycles. The third kappa shape index (κ3) is 3.71. The van der Waals surface area contributed by atoms with Gasteiger partial charge >= 0.3 is 0 Å². The van der Waals surface area contributed by atoms with Gasteiger partial charge in [-0.25, -0.2) is 0 Å². The molecule has 0 saturated carbocycles. The van der Waals surface area contributed by atoms with Gasteiger partial charge in [0.05, 0.1) is 19.1 Å². The number of morpholine rings is 1. The molecule has 0 spiro atoms. The molecule has 2 aromatic rings. The Balaban J connectivity index is 1.72. The van der Waals surface area contributed by atoms with Crippen molar-refractivity contribution in [1.29, 1.82) is 0 Å². The SMILES string of the molecule is CC1CN(C(=O)Cc2ccccc2O)CC(c2ccccc2)O1. The standard InChI is InChI=1S/C19H21NO3/c1-14-12-20(13-18(23-14)15-7-3-2-4-8-15)19(22)11-16-9-5-6-10-17(16)21/h2-10,14,18,21H,11-13H2,1H3. The summed E-state index contributed by atoms with van der Waals surface area (Å²) in [5.41, 5.74) is 1.74. The Kier molecular flexibility index (Phi) is 4.63. The van der Waals surface area contributed by atoms with Crippen molar-refractivity contribution < 1.29 is 14.6 Å². The lowest BCUT2D eigenvalue weighted by Gasteiger charge is -2.37. The number of aromatic hydroxyl groups is 1. The van der Waals surface area contributed by atoms with Crippen LogP contribution in [0.25, 0.3) is 0 Å². The lowest BCUT2D eigenvalue weighted by Crippen LogP contribution is -2.46. The van der Waals surface area contributed by atoms with Crippen molar-refractivity contribution >= 4 is 5.91 Å². The zero-order valence-electron chi connectivity index (χ0n) is 13.2. The highest BCUT2D eigenvalue weighted by molar-refractivity contribution is 5.79. The number of hydrogen-bond acceptors (Lipinski definition) is 3. The van der Waals surface area contributed by atoms with Crippen molar-refractivity contribution in [3.63, 3.8) is 0 Å². The molecule has 1 aliphatic rings. The van der Waals surface area contributed by atoms with E-state index in [1.807, 2.05) is 48.2 Å². The maximum absolute atomic E-state index is 12.6. The minimum Gasteiger partial charge on any atom is -0.508 e. The average molecular weight is 311 g/mol. The molecule has 23 heavy (non-hydrogen) atoms. The normalized spacial score (nSPS) is 21.2. The molecule has 1 aliphatic heterocycles. The van der Waals surface area contributed by atoms with E-state index in [0.29, 0.717) is 18.7 Å². The number of ether oxygens (including phenoxy) is 1. The number of carbonyl (C=O) groups is 1. The first-order chi connectivity index (χ1) is 11.1. The van der Waals surface area contributed by atoms with Gasteiger partial charge in [-0.05, 0) is 18.6 Å². The van der Waals surface area contributed by atoms with Crippen LogP contribution in [-0.2, 0) is 16.0 Å². The van der Waals surface area contributed by atoms with Crippen LogP contribution in [0.15, 0.2) is 54.6 Å². The molecular weight excluding hydrogens is 290 g/mol. The van der Waals surface area contributed by atoms with Crippen molar-refractivity contribution in [2.75, 3.05) is 13.1 Å². The van der Waals surface area contributed by atoms with Gasteiger partial charge < -0.3 is 14.7 Å². The molecule has 120 valence electrons. The first-order valence-electron chi connectivity index (χ1n) is 7.88. The van der Waals surface area contributed by atoms with E-state index in [1.54, 1.807) is 18.2 Å². The van der Waals surface area contributed by atoms with Crippen LogP contribution in [0.1, 0.15) is 24.2 Å². The molecule has 2 unspecified atom stereocenters. The van der Waals surface area contributed by atoms with Gasteiger partial charge in [0.1, 0.15) is 11.9 Å². The van der Waals surface area contributed by atoms with Crippen LogP contribution in [0.4, 0.5) is 0 Å². The maximum atomic E-state index is 12.6. The van der Waals surface area contributed by atoms with Crippen LogP contribution in [0.2, 0.25) is 0 Å². The minimum atomic E-state index is -0.103. The van der Waals surface area contributed by atoms with E-state index < -0.39 is 0 Å². The molecule has 4 nitrogen and oxygen atoms in total. The Morgan fingerprint density at radius 2 is 1.83 bits per heavy atom. The lowest BCUT2D eigenvalue weighted by atomic mass is 10.1. The van der Waals surface area contributed by atoms with Gasteiger partial charge in [0, 0.05) is 12.1 Å². The van der Waals surface area contributed by atoms with Gasteiger partial charge in [0.15, 0.2) is 0 Å². The second-order valence-corrected chi connectivity index (χ2v) is 5.95. The van der Waals surface area contributed by atoms with Gasteiger partial charge in [0.2, 0.25) is 5.91 Å². The second kappa shape index (κ2) is 6.84. The topological polar surface area (TPSA) is 49.8 Å². The Hall–Kier alpha value is -2.33. The summed E-state index contributed by atoms with van der Waals surface area (Å²) >= 11 is 0.